The molecule has 0 fully saturated rings. The van der Waals surface area contributed by atoms with E-state index in [0.29, 0.717) is 0 Å². The van der Waals surface area contributed by atoms with Gasteiger partial charge in [0.1, 0.15) is 0 Å². The number of hydrogen-bond donors (Lipinski definition) is 1. The molecular weight excluding hydrogens is 208 g/mol. The number of rotatable bonds is 5. The number of carbonyl (C=O) groups is 1. The van der Waals surface area contributed by atoms with E-state index in [1.807, 2.05) is 33.0 Å². The lowest BCUT2D eigenvalue weighted by molar-refractivity contribution is -0.152. The van der Waals surface area contributed by atoms with Crippen molar-refractivity contribution >= 4 is 5.97 Å². The first-order chi connectivity index (χ1) is 7.43. The van der Waals surface area contributed by atoms with Crippen molar-refractivity contribution in [2.75, 3.05) is 7.11 Å². The third-order valence-electron chi connectivity index (χ3n) is 2.74. The lowest BCUT2D eigenvalue weighted by atomic mass is 9.83. The molecule has 16 heavy (non-hydrogen) atoms. The van der Waals surface area contributed by atoms with E-state index in [1.165, 1.54) is 7.11 Å². The Labute approximate surface area is 95.0 Å². The first kappa shape index (κ1) is 12.7. The Morgan fingerprint density at radius 2 is 2.31 bits per heavy atom. The topological polar surface area (TPSA) is 64.3 Å². The molecule has 90 valence electrons. The molecule has 5 heteroatoms. The van der Waals surface area contributed by atoms with Crippen molar-refractivity contribution in [3.05, 3.63) is 18.0 Å². The Morgan fingerprint density at radius 1 is 1.69 bits per heavy atom. The molecule has 1 unspecified atom stereocenters. The summed E-state index contributed by atoms with van der Waals surface area (Å²) in [5, 5.41) is 13.4. The molecule has 1 rings (SSSR count). The Morgan fingerprint density at radius 3 is 2.69 bits per heavy atom. The van der Waals surface area contributed by atoms with Gasteiger partial charge in [0.15, 0.2) is 6.10 Å². The second-order valence-corrected chi connectivity index (χ2v) is 4.23. The fraction of sp³-hybridized carbons (Fsp3) is 0.636. The summed E-state index contributed by atoms with van der Waals surface area (Å²) < 4.78 is 6.79. The molecule has 1 aromatic rings. The van der Waals surface area contributed by atoms with Gasteiger partial charge in [-0.3, -0.25) is 4.68 Å². The molecule has 0 bridgehead atoms. The lowest BCUT2D eigenvalue weighted by Crippen LogP contribution is -2.41. The maximum Gasteiger partial charge on any atom is 0.333 e. The van der Waals surface area contributed by atoms with Gasteiger partial charge >= 0.3 is 5.97 Å². The van der Waals surface area contributed by atoms with Crippen LogP contribution < -0.4 is 0 Å². The van der Waals surface area contributed by atoms with Crippen LogP contribution in [0.15, 0.2) is 12.3 Å². The summed E-state index contributed by atoms with van der Waals surface area (Å²) in [6, 6.07) is 1.83. The monoisotopic (exact) mass is 226 g/mol. The van der Waals surface area contributed by atoms with Gasteiger partial charge < -0.3 is 9.84 Å². The number of carboxylic acid groups (broad SMARTS) is 1. The molecule has 0 aromatic carbocycles. The third-order valence-corrected chi connectivity index (χ3v) is 2.74. The summed E-state index contributed by atoms with van der Waals surface area (Å²) in [6.07, 6.45) is 0.943. The number of aryl methyl sites for hydroxylation is 1. The van der Waals surface area contributed by atoms with Crippen LogP contribution in [0.2, 0.25) is 0 Å². The lowest BCUT2D eigenvalue weighted by Gasteiger charge is -2.28. The number of carboxylic acids is 1. The van der Waals surface area contributed by atoms with Gasteiger partial charge in [-0.2, -0.15) is 5.10 Å². The third kappa shape index (κ3) is 2.24. The number of nitrogens with zero attached hydrogens (tertiary/aromatic N) is 2. The SMILES string of the molecule is CCn1ccc(C(C)(C)C(OC)C(=O)O)n1. The van der Waals surface area contributed by atoms with Gasteiger partial charge in [0.2, 0.25) is 0 Å². The molecule has 5 nitrogen and oxygen atoms in total. The Hall–Kier alpha value is -1.36. The molecule has 1 heterocycles. The van der Waals surface area contributed by atoms with Crippen LogP contribution in [0.3, 0.4) is 0 Å². The number of hydrogen-bond acceptors (Lipinski definition) is 3. The Bertz CT molecular complexity index is 371. The van der Waals surface area contributed by atoms with Crippen LogP contribution in [-0.2, 0) is 21.5 Å². The smallest absolute Gasteiger partial charge is 0.333 e. The second-order valence-electron chi connectivity index (χ2n) is 4.23. The molecule has 0 saturated heterocycles. The van der Waals surface area contributed by atoms with Crippen LogP contribution in [0.1, 0.15) is 26.5 Å². The first-order valence-corrected chi connectivity index (χ1v) is 5.23. The second kappa shape index (κ2) is 4.65. The van der Waals surface area contributed by atoms with E-state index in [2.05, 4.69) is 5.10 Å². The van der Waals surface area contributed by atoms with E-state index >= 15 is 0 Å². The van der Waals surface area contributed by atoms with Crippen molar-refractivity contribution in [1.29, 1.82) is 0 Å². The molecular formula is C11H18N2O3. The summed E-state index contributed by atoms with van der Waals surface area (Å²) >= 11 is 0. The number of ether oxygens (including phenoxy) is 1. The van der Waals surface area contributed by atoms with Crippen molar-refractivity contribution in [3.63, 3.8) is 0 Å². The summed E-state index contributed by atoms with van der Waals surface area (Å²) in [5.74, 6) is -0.974. The predicted molar refractivity (Wildman–Crippen MR) is 59.4 cm³/mol. The summed E-state index contributed by atoms with van der Waals surface area (Å²) in [4.78, 5) is 11.1. The molecule has 0 aliphatic heterocycles. The maximum absolute atomic E-state index is 11.1. The number of aromatic nitrogens is 2. The molecule has 0 aliphatic carbocycles. The standard InChI is InChI=1S/C11H18N2O3/c1-5-13-7-6-8(12-13)11(2,3)9(16-4)10(14)15/h6-7,9H,5H2,1-4H3,(H,14,15). The predicted octanol–water partition coefficient (Wildman–Crippen LogP) is 1.28. The zero-order chi connectivity index (χ0) is 12.3. The summed E-state index contributed by atoms with van der Waals surface area (Å²) in [5.41, 5.74) is 0.0738. The van der Waals surface area contributed by atoms with Crippen molar-refractivity contribution in [3.8, 4) is 0 Å². The molecule has 1 aromatic heterocycles. The Balaban J connectivity index is 3.03. The van der Waals surface area contributed by atoms with Crippen molar-refractivity contribution < 1.29 is 14.6 Å². The fourth-order valence-corrected chi connectivity index (χ4v) is 1.72. The number of aliphatic carboxylic acids is 1. The normalized spacial score (nSPS) is 13.8. The average molecular weight is 226 g/mol. The highest BCUT2D eigenvalue weighted by atomic mass is 16.5. The van der Waals surface area contributed by atoms with E-state index < -0.39 is 17.5 Å². The largest absolute Gasteiger partial charge is 0.479 e. The van der Waals surface area contributed by atoms with Crippen molar-refractivity contribution in [2.45, 2.75) is 38.8 Å². The van der Waals surface area contributed by atoms with Gasteiger partial charge in [-0.25, -0.2) is 4.79 Å². The minimum Gasteiger partial charge on any atom is -0.479 e. The van der Waals surface area contributed by atoms with Crippen LogP contribution >= 0.6 is 0 Å². The first-order valence-electron chi connectivity index (χ1n) is 5.23. The molecule has 1 N–H and O–H groups in total. The van der Waals surface area contributed by atoms with Gasteiger partial charge in [-0.05, 0) is 13.0 Å². The average Bonchev–Trinajstić information content (AvgIpc) is 2.66. The van der Waals surface area contributed by atoms with Crippen LogP contribution in [0, 0.1) is 0 Å². The minimum absolute atomic E-state index is 0.652. The Kier molecular flexibility index (Phi) is 3.70. The van der Waals surface area contributed by atoms with Crippen LogP contribution in [-0.4, -0.2) is 34.1 Å². The van der Waals surface area contributed by atoms with Gasteiger partial charge in [0.05, 0.1) is 5.69 Å². The number of methoxy groups -OCH3 is 1. The summed E-state index contributed by atoms with van der Waals surface area (Å²) in [7, 11) is 1.40. The maximum atomic E-state index is 11.1. The van der Waals surface area contributed by atoms with E-state index in [0.717, 1.165) is 12.2 Å². The molecule has 0 amide bonds. The summed E-state index contributed by atoms with van der Waals surface area (Å²) in [6.45, 7) is 6.38. The molecule has 0 aliphatic rings. The minimum atomic E-state index is -0.974. The highest BCUT2D eigenvalue weighted by Crippen LogP contribution is 2.27. The van der Waals surface area contributed by atoms with Crippen LogP contribution in [0.5, 0.6) is 0 Å². The van der Waals surface area contributed by atoms with Gasteiger partial charge in [0, 0.05) is 25.3 Å². The van der Waals surface area contributed by atoms with E-state index in [1.54, 1.807) is 4.68 Å². The zero-order valence-electron chi connectivity index (χ0n) is 10.1. The van der Waals surface area contributed by atoms with Crippen LogP contribution in [0.25, 0.3) is 0 Å². The zero-order valence-corrected chi connectivity index (χ0v) is 10.1. The highest BCUT2D eigenvalue weighted by molar-refractivity contribution is 5.74. The van der Waals surface area contributed by atoms with Crippen molar-refractivity contribution in [2.24, 2.45) is 0 Å². The van der Waals surface area contributed by atoms with Gasteiger partial charge in [-0.15, -0.1) is 0 Å². The molecule has 1 atom stereocenters. The van der Waals surface area contributed by atoms with Gasteiger partial charge in [-0.1, -0.05) is 13.8 Å². The highest BCUT2D eigenvalue weighted by Gasteiger charge is 2.38. The van der Waals surface area contributed by atoms with E-state index in [-0.39, 0.29) is 0 Å². The molecule has 0 spiro atoms. The molecule has 0 radical (unpaired) electrons. The van der Waals surface area contributed by atoms with Crippen molar-refractivity contribution in [1.82, 2.24) is 9.78 Å². The van der Waals surface area contributed by atoms with E-state index in [4.69, 9.17) is 9.84 Å². The van der Waals surface area contributed by atoms with E-state index in [9.17, 15) is 4.79 Å². The quantitative estimate of drug-likeness (QED) is 0.821. The molecule has 0 saturated carbocycles. The fourth-order valence-electron chi connectivity index (χ4n) is 1.72. The van der Waals surface area contributed by atoms with Gasteiger partial charge in [0.25, 0.3) is 0 Å². The van der Waals surface area contributed by atoms with Crippen LogP contribution in [0.4, 0.5) is 0 Å².